The van der Waals surface area contributed by atoms with Gasteiger partial charge in [-0.2, -0.15) is 0 Å². The van der Waals surface area contributed by atoms with Crippen LogP contribution in [0.25, 0.3) is 0 Å². The smallest absolute Gasteiger partial charge is 0.179 e. The lowest BCUT2D eigenvalue weighted by Gasteiger charge is -2.13. The Balaban J connectivity index is 1.95. The lowest BCUT2D eigenvalue weighted by Crippen LogP contribution is -2.02. The zero-order valence-electron chi connectivity index (χ0n) is 11.8. The van der Waals surface area contributed by atoms with E-state index in [1.54, 1.807) is 12.1 Å². The zero-order valence-corrected chi connectivity index (χ0v) is 12.6. The summed E-state index contributed by atoms with van der Waals surface area (Å²) in [4.78, 5) is 10.8. The minimum Gasteiger partial charge on any atom is -0.493 e. The second-order valence-electron chi connectivity index (χ2n) is 4.59. The molecule has 21 heavy (non-hydrogen) atoms. The number of halogens is 1. The van der Waals surface area contributed by atoms with Crippen molar-refractivity contribution < 1.29 is 14.3 Å². The molecule has 0 amide bonds. The summed E-state index contributed by atoms with van der Waals surface area (Å²) in [5.74, 6) is 0.960. The summed E-state index contributed by atoms with van der Waals surface area (Å²) in [5.41, 5.74) is 1.74. The molecule has 0 atom stereocenters. The van der Waals surface area contributed by atoms with Crippen LogP contribution in [0.3, 0.4) is 0 Å². The highest BCUT2D eigenvalue weighted by Crippen LogP contribution is 2.36. The van der Waals surface area contributed by atoms with Gasteiger partial charge in [0.2, 0.25) is 0 Å². The summed E-state index contributed by atoms with van der Waals surface area (Å²) >= 11 is 6.12. The van der Waals surface area contributed by atoms with Gasteiger partial charge in [0.25, 0.3) is 0 Å². The van der Waals surface area contributed by atoms with Crippen molar-refractivity contribution in [3.63, 3.8) is 0 Å². The van der Waals surface area contributed by atoms with E-state index in [2.05, 4.69) is 12.1 Å². The number of benzene rings is 2. The average molecular weight is 305 g/mol. The minimum atomic E-state index is 0.385. The van der Waals surface area contributed by atoms with Crippen molar-refractivity contribution in [2.75, 3.05) is 13.7 Å². The van der Waals surface area contributed by atoms with E-state index in [0.717, 1.165) is 19.1 Å². The number of carbonyl (C=O) groups excluding carboxylic acids is 1. The Kier molecular flexibility index (Phi) is 5.64. The number of carbonyl (C=O) groups is 1. The molecule has 0 aliphatic rings. The summed E-state index contributed by atoms with van der Waals surface area (Å²) in [5, 5.41) is 0.385. The molecule has 110 valence electrons. The first kappa shape index (κ1) is 15.4. The van der Waals surface area contributed by atoms with E-state index in [1.807, 2.05) is 18.2 Å². The van der Waals surface area contributed by atoms with Crippen molar-refractivity contribution >= 4 is 17.9 Å². The largest absolute Gasteiger partial charge is 0.493 e. The van der Waals surface area contributed by atoms with Crippen LogP contribution >= 0.6 is 11.6 Å². The number of rotatable bonds is 7. The molecule has 0 aliphatic carbocycles. The highest BCUT2D eigenvalue weighted by atomic mass is 35.5. The highest BCUT2D eigenvalue weighted by molar-refractivity contribution is 6.32. The topological polar surface area (TPSA) is 35.5 Å². The Labute approximate surface area is 129 Å². The first-order chi connectivity index (χ1) is 10.2. The van der Waals surface area contributed by atoms with Crippen LogP contribution in [0.1, 0.15) is 22.3 Å². The van der Waals surface area contributed by atoms with Gasteiger partial charge in [0.1, 0.15) is 6.29 Å². The zero-order chi connectivity index (χ0) is 15.1. The summed E-state index contributed by atoms with van der Waals surface area (Å²) < 4.78 is 10.9. The van der Waals surface area contributed by atoms with Gasteiger partial charge in [0.05, 0.1) is 18.7 Å². The molecule has 0 unspecified atom stereocenters. The second-order valence-corrected chi connectivity index (χ2v) is 5.00. The van der Waals surface area contributed by atoms with Crippen LogP contribution in [0.5, 0.6) is 11.5 Å². The van der Waals surface area contributed by atoms with Crippen LogP contribution < -0.4 is 9.47 Å². The van der Waals surface area contributed by atoms with Crippen LogP contribution in [0.4, 0.5) is 0 Å². The maximum atomic E-state index is 10.8. The minimum absolute atomic E-state index is 0.385. The number of hydrogen-bond acceptors (Lipinski definition) is 3. The molecule has 2 aromatic rings. The fraction of sp³-hybridized carbons (Fsp3) is 0.235. The summed E-state index contributed by atoms with van der Waals surface area (Å²) in [7, 11) is 1.52. The highest BCUT2D eigenvalue weighted by Gasteiger charge is 2.11. The van der Waals surface area contributed by atoms with Crippen LogP contribution in [-0.2, 0) is 6.42 Å². The molecular weight excluding hydrogens is 288 g/mol. The molecule has 4 heteroatoms. The predicted molar refractivity (Wildman–Crippen MR) is 83.6 cm³/mol. The average Bonchev–Trinajstić information content (AvgIpc) is 2.53. The van der Waals surface area contributed by atoms with E-state index >= 15 is 0 Å². The predicted octanol–water partition coefficient (Wildman–Crippen LogP) is 4.17. The molecule has 3 nitrogen and oxygen atoms in total. The summed E-state index contributed by atoms with van der Waals surface area (Å²) in [6.07, 6.45) is 2.54. The normalized spacial score (nSPS) is 10.2. The van der Waals surface area contributed by atoms with Crippen molar-refractivity contribution in [3.05, 3.63) is 58.6 Å². The molecule has 0 radical (unpaired) electrons. The van der Waals surface area contributed by atoms with E-state index in [4.69, 9.17) is 21.1 Å². The number of hydrogen-bond donors (Lipinski definition) is 0. The lowest BCUT2D eigenvalue weighted by atomic mass is 10.1. The molecular formula is C17H17ClO3. The fourth-order valence-electron chi connectivity index (χ4n) is 2.04. The summed E-state index contributed by atoms with van der Waals surface area (Å²) in [6, 6.07) is 13.4. The van der Waals surface area contributed by atoms with Gasteiger partial charge >= 0.3 is 0 Å². The summed E-state index contributed by atoms with van der Waals surface area (Å²) in [6.45, 7) is 0.533. The van der Waals surface area contributed by atoms with Crippen molar-refractivity contribution in [2.24, 2.45) is 0 Å². The molecule has 0 saturated heterocycles. The number of aryl methyl sites for hydroxylation is 1. The van der Waals surface area contributed by atoms with Gasteiger partial charge in [-0.15, -0.1) is 0 Å². The van der Waals surface area contributed by atoms with Gasteiger partial charge in [-0.05, 0) is 30.5 Å². The lowest BCUT2D eigenvalue weighted by molar-refractivity contribution is 0.112. The van der Waals surface area contributed by atoms with Crippen molar-refractivity contribution in [1.29, 1.82) is 0 Å². The monoisotopic (exact) mass is 304 g/mol. The van der Waals surface area contributed by atoms with Gasteiger partial charge in [0, 0.05) is 5.56 Å². The molecule has 2 aromatic carbocycles. The number of aldehydes is 1. The van der Waals surface area contributed by atoms with E-state index in [-0.39, 0.29) is 0 Å². The van der Waals surface area contributed by atoms with Crippen LogP contribution in [0.2, 0.25) is 5.02 Å². The molecule has 2 rings (SSSR count). The second kappa shape index (κ2) is 7.70. The molecule has 0 heterocycles. The van der Waals surface area contributed by atoms with E-state index in [9.17, 15) is 4.79 Å². The quantitative estimate of drug-likeness (QED) is 0.569. The third kappa shape index (κ3) is 4.23. The van der Waals surface area contributed by atoms with E-state index in [1.165, 1.54) is 12.7 Å². The third-order valence-electron chi connectivity index (χ3n) is 3.09. The van der Waals surface area contributed by atoms with E-state index in [0.29, 0.717) is 28.7 Å². The molecule has 0 aliphatic heterocycles. The van der Waals surface area contributed by atoms with Crippen LogP contribution in [-0.4, -0.2) is 20.0 Å². The first-order valence-electron chi connectivity index (χ1n) is 6.74. The molecule has 0 bridgehead atoms. The number of methoxy groups -OCH3 is 1. The molecule has 0 spiro atoms. The Morgan fingerprint density at radius 3 is 2.62 bits per heavy atom. The SMILES string of the molecule is COc1cc(C=O)cc(Cl)c1OCCCc1ccccc1. The Bertz CT molecular complexity index is 596. The molecule has 0 saturated carbocycles. The maximum absolute atomic E-state index is 10.8. The Morgan fingerprint density at radius 1 is 1.19 bits per heavy atom. The van der Waals surface area contributed by atoms with Crippen molar-refractivity contribution in [3.8, 4) is 11.5 Å². The molecule has 0 fully saturated rings. The van der Waals surface area contributed by atoms with Gasteiger partial charge in [-0.25, -0.2) is 0 Å². The van der Waals surface area contributed by atoms with Gasteiger partial charge < -0.3 is 9.47 Å². The fourth-order valence-corrected chi connectivity index (χ4v) is 2.32. The molecule has 0 N–H and O–H groups in total. The van der Waals surface area contributed by atoms with Crippen molar-refractivity contribution in [2.45, 2.75) is 12.8 Å². The Morgan fingerprint density at radius 2 is 1.95 bits per heavy atom. The maximum Gasteiger partial charge on any atom is 0.179 e. The molecule has 0 aromatic heterocycles. The van der Waals surface area contributed by atoms with Gasteiger partial charge in [0.15, 0.2) is 11.5 Å². The van der Waals surface area contributed by atoms with Crippen molar-refractivity contribution in [1.82, 2.24) is 0 Å². The van der Waals surface area contributed by atoms with E-state index < -0.39 is 0 Å². The van der Waals surface area contributed by atoms with Crippen LogP contribution in [0.15, 0.2) is 42.5 Å². The standard InChI is InChI=1S/C17H17ClO3/c1-20-16-11-14(12-19)10-15(18)17(16)21-9-5-8-13-6-3-2-4-7-13/h2-4,6-7,10-12H,5,8-9H2,1H3. The van der Waals surface area contributed by atoms with Gasteiger partial charge in [-0.3, -0.25) is 4.79 Å². The Hall–Kier alpha value is -2.00. The first-order valence-corrected chi connectivity index (χ1v) is 7.12. The third-order valence-corrected chi connectivity index (χ3v) is 3.37. The number of ether oxygens (including phenoxy) is 2. The van der Waals surface area contributed by atoms with Crippen LogP contribution in [0, 0.1) is 0 Å². The van der Waals surface area contributed by atoms with Gasteiger partial charge in [-0.1, -0.05) is 41.9 Å².